The van der Waals surface area contributed by atoms with E-state index in [1.165, 1.54) is 22.5 Å². The number of rotatable bonds is 4. The van der Waals surface area contributed by atoms with Gasteiger partial charge in [-0.25, -0.2) is 8.42 Å². The monoisotopic (exact) mass is 486 g/mol. The first-order valence-electron chi connectivity index (χ1n) is 11.1. The normalized spacial score (nSPS) is 36.0. The molecular formula is C22H28Cl2N2O4S. The largest absolute Gasteiger partial charge is 0.390 e. The van der Waals surface area contributed by atoms with Gasteiger partial charge in [-0.05, 0) is 80.9 Å². The molecule has 2 N–H and O–H groups in total. The van der Waals surface area contributed by atoms with Crippen LogP contribution in [0, 0.1) is 23.7 Å². The molecule has 5 aliphatic rings. The van der Waals surface area contributed by atoms with Gasteiger partial charge >= 0.3 is 0 Å². The average Bonchev–Trinajstić information content (AvgIpc) is 2.69. The van der Waals surface area contributed by atoms with Crippen LogP contribution in [0.3, 0.4) is 0 Å². The average molecular weight is 487 g/mol. The highest BCUT2D eigenvalue weighted by Crippen LogP contribution is 2.55. The number of nitrogens with zero attached hydrogens (tertiary/aromatic N) is 1. The number of piperidine rings is 1. The van der Waals surface area contributed by atoms with E-state index in [-0.39, 0.29) is 27.8 Å². The van der Waals surface area contributed by atoms with Crippen LogP contribution >= 0.6 is 23.2 Å². The fourth-order valence-electron chi connectivity index (χ4n) is 6.68. The van der Waals surface area contributed by atoms with Gasteiger partial charge in [0, 0.05) is 30.1 Å². The van der Waals surface area contributed by atoms with E-state index in [1.807, 2.05) is 0 Å². The zero-order valence-corrected chi connectivity index (χ0v) is 19.6. The minimum absolute atomic E-state index is 0.0334. The Kier molecular flexibility index (Phi) is 5.58. The summed E-state index contributed by atoms with van der Waals surface area (Å²) in [5, 5.41) is 14.5. The number of carbonyl (C=O) groups is 1. The van der Waals surface area contributed by atoms with Crippen LogP contribution in [0.5, 0.6) is 0 Å². The molecule has 4 saturated carbocycles. The Hall–Kier alpha value is -0.860. The first-order valence-corrected chi connectivity index (χ1v) is 13.3. The molecule has 0 aromatic heterocycles. The van der Waals surface area contributed by atoms with E-state index in [0.717, 1.165) is 32.1 Å². The summed E-state index contributed by atoms with van der Waals surface area (Å²) >= 11 is 12.0. The van der Waals surface area contributed by atoms with Crippen molar-refractivity contribution in [1.82, 2.24) is 9.62 Å². The van der Waals surface area contributed by atoms with Gasteiger partial charge in [0.2, 0.25) is 15.9 Å². The number of nitrogens with one attached hydrogen (secondary N) is 1. The maximum atomic E-state index is 13.0. The summed E-state index contributed by atoms with van der Waals surface area (Å²) in [6, 6.07) is 4.53. The number of amides is 1. The second-order valence-electron chi connectivity index (χ2n) is 9.98. The van der Waals surface area contributed by atoms with Crippen LogP contribution in [0.2, 0.25) is 10.0 Å². The van der Waals surface area contributed by atoms with Gasteiger partial charge < -0.3 is 10.4 Å². The molecule has 1 aromatic rings. The van der Waals surface area contributed by atoms with Crippen LogP contribution in [0.4, 0.5) is 0 Å². The lowest BCUT2D eigenvalue weighted by Gasteiger charge is -2.58. The lowest BCUT2D eigenvalue weighted by Crippen LogP contribution is -2.62. The number of hydrogen-bond donors (Lipinski definition) is 2. The van der Waals surface area contributed by atoms with Gasteiger partial charge in [0.05, 0.1) is 10.6 Å². The quantitative estimate of drug-likeness (QED) is 0.681. The Balaban J connectivity index is 1.20. The van der Waals surface area contributed by atoms with E-state index < -0.39 is 15.6 Å². The molecule has 1 aromatic carbocycles. The predicted molar refractivity (Wildman–Crippen MR) is 118 cm³/mol. The first-order chi connectivity index (χ1) is 14.6. The van der Waals surface area contributed by atoms with Crippen molar-refractivity contribution in [1.29, 1.82) is 0 Å². The molecule has 1 amide bonds. The highest BCUT2D eigenvalue weighted by Gasteiger charge is 2.55. The maximum absolute atomic E-state index is 13.0. The van der Waals surface area contributed by atoms with Crippen LogP contribution in [-0.2, 0) is 14.8 Å². The number of halogens is 2. The van der Waals surface area contributed by atoms with E-state index in [1.54, 1.807) is 0 Å². The van der Waals surface area contributed by atoms with E-state index in [9.17, 15) is 18.3 Å². The van der Waals surface area contributed by atoms with Crippen molar-refractivity contribution in [3.05, 3.63) is 28.2 Å². The number of hydrogen-bond acceptors (Lipinski definition) is 4. The smallest absolute Gasteiger partial charge is 0.244 e. The Morgan fingerprint density at radius 1 is 1.10 bits per heavy atom. The third-order valence-electron chi connectivity index (χ3n) is 7.89. The molecule has 170 valence electrons. The lowest BCUT2D eigenvalue weighted by atomic mass is 9.52. The second-order valence-corrected chi connectivity index (χ2v) is 12.7. The van der Waals surface area contributed by atoms with E-state index in [2.05, 4.69) is 5.32 Å². The van der Waals surface area contributed by atoms with Crippen molar-refractivity contribution in [2.75, 3.05) is 13.1 Å². The summed E-state index contributed by atoms with van der Waals surface area (Å²) in [6.07, 6.45) is 5.69. The SMILES string of the molecule is O=C(NC1C2CC3CC1CC(O)(C3)C2)C1CCN(S(=O)(=O)c2ccc(Cl)cc2Cl)CC1. The molecule has 31 heavy (non-hydrogen) atoms. The number of carbonyl (C=O) groups excluding carboxylic acids is 1. The topological polar surface area (TPSA) is 86.7 Å². The van der Waals surface area contributed by atoms with Crippen molar-refractivity contribution in [2.45, 2.75) is 61.5 Å². The van der Waals surface area contributed by atoms with E-state index >= 15 is 0 Å². The zero-order chi connectivity index (χ0) is 22.0. The van der Waals surface area contributed by atoms with Crippen molar-refractivity contribution in [3.8, 4) is 0 Å². The van der Waals surface area contributed by atoms with Gasteiger partial charge in [0.15, 0.2) is 0 Å². The zero-order valence-electron chi connectivity index (χ0n) is 17.3. The van der Waals surface area contributed by atoms with Crippen LogP contribution in [-0.4, -0.2) is 48.5 Å². The Bertz CT molecular complexity index is 977. The van der Waals surface area contributed by atoms with Gasteiger partial charge in [0.25, 0.3) is 0 Å². The number of aliphatic hydroxyl groups is 1. The highest BCUT2D eigenvalue weighted by atomic mass is 35.5. The molecule has 9 heteroatoms. The molecule has 1 heterocycles. The van der Waals surface area contributed by atoms with E-state index in [4.69, 9.17) is 23.2 Å². The van der Waals surface area contributed by atoms with Gasteiger partial charge in [-0.1, -0.05) is 23.2 Å². The molecule has 4 bridgehead atoms. The molecule has 1 aliphatic heterocycles. The maximum Gasteiger partial charge on any atom is 0.244 e. The molecule has 2 unspecified atom stereocenters. The summed E-state index contributed by atoms with van der Waals surface area (Å²) in [4.78, 5) is 13.1. The lowest BCUT2D eigenvalue weighted by molar-refractivity contribution is -0.148. The van der Waals surface area contributed by atoms with Crippen LogP contribution in [0.15, 0.2) is 23.1 Å². The molecule has 0 spiro atoms. The second kappa shape index (κ2) is 7.87. The predicted octanol–water partition coefficient (Wildman–Crippen LogP) is 3.45. The summed E-state index contributed by atoms with van der Waals surface area (Å²) in [5.74, 6) is 1.18. The summed E-state index contributed by atoms with van der Waals surface area (Å²) < 4.78 is 27.4. The van der Waals surface area contributed by atoms with Crippen molar-refractivity contribution in [3.63, 3.8) is 0 Å². The molecule has 6 nitrogen and oxygen atoms in total. The van der Waals surface area contributed by atoms with Crippen LogP contribution in [0.1, 0.15) is 44.9 Å². The Morgan fingerprint density at radius 3 is 2.32 bits per heavy atom. The van der Waals surface area contributed by atoms with Gasteiger partial charge in [0.1, 0.15) is 4.90 Å². The minimum atomic E-state index is -3.72. The molecular weight excluding hydrogens is 459 g/mol. The number of benzene rings is 1. The van der Waals surface area contributed by atoms with Crippen molar-refractivity contribution < 1.29 is 18.3 Å². The minimum Gasteiger partial charge on any atom is -0.390 e. The van der Waals surface area contributed by atoms with Crippen molar-refractivity contribution >= 4 is 39.1 Å². The van der Waals surface area contributed by atoms with Gasteiger partial charge in [-0.2, -0.15) is 4.31 Å². The van der Waals surface area contributed by atoms with Gasteiger partial charge in [-0.15, -0.1) is 0 Å². The van der Waals surface area contributed by atoms with Gasteiger partial charge in [-0.3, -0.25) is 4.79 Å². The van der Waals surface area contributed by atoms with Crippen molar-refractivity contribution in [2.24, 2.45) is 23.7 Å². The molecule has 6 rings (SSSR count). The molecule has 1 saturated heterocycles. The third kappa shape index (κ3) is 4.01. The standard InChI is InChI=1S/C22H28Cl2N2O4S/c23-17-1-2-19(18(24)9-17)31(29,30)26-5-3-14(4-6-26)21(27)25-20-15-7-13-8-16(20)12-22(28,10-13)11-15/h1-2,9,13-16,20,28H,3-8,10-12H2,(H,25,27). The molecule has 5 fully saturated rings. The number of sulfonamides is 1. The third-order valence-corrected chi connectivity index (χ3v) is 10.5. The van der Waals surface area contributed by atoms with Crippen LogP contribution in [0.25, 0.3) is 0 Å². The molecule has 0 radical (unpaired) electrons. The van der Waals surface area contributed by atoms with E-state index in [0.29, 0.717) is 48.7 Å². The fraction of sp³-hybridized carbons (Fsp3) is 0.682. The Labute approximate surface area is 193 Å². The highest BCUT2D eigenvalue weighted by molar-refractivity contribution is 7.89. The van der Waals surface area contributed by atoms with Crippen LogP contribution < -0.4 is 5.32 Å². The summed E-state index contributed by atoms with van der Waals surface area (Å²) in [6.45, 7) is 0.581. The first kappa shape index (κ1) is 22.0. The summed E-state index contributed by atoms with van der Waals surface area (Å²) in [7, 11) is -3.72. The molecule has 4 aliphatic carbocycles. The Morgan fingerprint density at radius 2 is 1.74 bits per heavy atom. The summed E-state index contributed by atoms with van der Waals surface area (Å²) in [5.41, 5.74) is -0.514. The molecule has 2 atom stereocenters. The fourth-order valence-corrected chi connectivity index (χ4v) is 8.90.